The van der Waals surface area contributed by atoms with Gasteiger partial charge in [-0.15, -0.1) is 10.2 Å². The molecule has 8 nitrogen and oxygen atoms in total. The number of hydrogen-bond acceptors (Lipinski definition) is 7. The van der Waals surface area contributed by atoms with Crippen molar-refractivity contribution in [3.05, 3.63) is 42.2 Å². The third-order valence-corrected chi connectivity index (χ3v) is 6.43. The second-order valence-corrected chi connectivity index (χ2v) is 8.22. The molecule has 1 amide bonds. The van der Waals surface area contributed by atoms with Crippen molar-refractivity contribution in [1.29, 1.82) is 0 Å². The van der Waals surface area contributed by atoms with Crippen LogP contribution in [0.2, 0.25) is 0 Å². The molecule has 0 unspecified atom stereocenters. The number of thioether (sulfide) groups is 1. The maximum Gasteiger partial charge on any atom is 0.233 e. The van der Waals surface area contributed by atoms with Gasteiger partial charge < -0.3 is 23.4 Å². The number of amides is 1. The van der Waals surface area contributed by atoms with E-state index in [4.69, 9.17) is 13.9 Å². The summed E-state index contributed by atoms with van der Waals surface area (Å²) in [6, 6.07) is 9.70. The van der Waals surface area contributed by atoms with Crippen molar-refractivity contribution in [3.8, 4) is 23.1 Å². The van der Waals surface area contributed by atoms with Crippen LogP contribution in [0.4, 0.5) is 0 Å². The minimum atomic E-state index is 0.0621. The number of aromatic nitrogens is 3. The van der Waals surface area contributed by atoms with Gasteiger partial charge in [-0.3, -0.25) is 4.79 Å². The molecular formula is C21H22N4O4S. The maximum atomic E-state index is 13.0. The zero-order valence-electron chi connectivity index (χ0n) is 16.6. The van der Waals surface area contributed by atoms with E-state index in [0.29, 0.717) is 35.7 Å². The normalized spacial score (nSPS) is 18.0. The lowest BCUT2D eigenvalue weighted by molar-refractivity contribution is -0.129. The molecule has 0 radical (unpaired) electrons. The lowest BCUT2D eigenvalue weighted by Gasteiger charge is -2.26. The molecule has 2 aromatic heterocycles. The fourth-order valence-corrected chi connectivity index (χ4v) is 4.75. The summed E-state index contributed by atoms with van der Waals surface area (Å²) in [7, 11) is 1.87. The molecule has 3 aromatic rings. The van der Waals surface area contributed by atoms with E-state index in [1.165, 1.54) is 11.8 Å². The van der Waals surface area contributed by atoms with Crippen LogP contribution < -0.4 is 9.47 Å². The molecule has 156 valence electrons. The minimum absolute atomic E-state index is 0.0621. The molecule has 1 aromatic carbocycles. The summed E-state index contributed by atoms with van der Waals surface area (Å²) in [5.74, 6) is 3.24. The summed E-state index contributed by atoms with van der Waals surface area (Å²) in [5, 5.41) is 9.08. The number of carbonyl (C=O) groups is 1. The summed E-state index contributed by atoms with van der Waals surface area (Å²) in [4.78, 5) is 15.0. The van der Waals surface area contributed by atoms with Crippen LogP contribution in [0.3, 0.4) is 0 Å². The van der Waals surface area contributed by atoms with Crippen molar-refractivity contribution in [1.82, 2.24) is 19.7 Å². The molecule has 5 rings (SSSR count). The third kappa shape index (κ3) is 3.54. The Morgan fingerprint density at radius 3 is 2.90 bits per heavy atom. The van der Waals surface area contributed by atoms with E-state index < -0.39 is 0 Å². The molecule has 30 heavy (non-hydrogen) atoms. The van der Waals surface area contributed by atoms with Gasteiger partial charge in [0.25, 0.3) is 0 Å². The van der Waals surface area contributed by atoms with Gasteiger partial charge in [-0.1, -0.05) is 17.8 Å². The first-order valence-corrected chi connectivity index (χ1v) is 10.9. The zero-order chi connectivity index (χ0) is 20.5. The SMILES string of the molecule is Cn1c(SCC(=O)N2CCC[C@@H]2c2ccc3c(c2)OCCO3)nnc1-c1ccco1. The second-order valence-electron chi connectivity index (χ2n) is 7.28. The van der Waals surface area contributed by atoms with Crippen molar-refractivity contribution in [2.45, 2.75) is 24.0 Å². The average Bonchev–Trinajstić information content (AvgIpc) is 3.53. The Balaban J connectivity index is 1.27. The summed E-state index contributed by atoms with van der Waals surface area (Å²) < 4.78 is 18.6. The van der Waals surface area contributed by atoms with E-state index >= 15 is 0 Å². The van der Waals surface area contributed by atoms with Crippen molar-refractivity contribution in [2.24, 2.45) is 7.05 Å². The molecule has 4 heterocycles. The van der Waals surface area contributed by atoms with Crippen molar-refractivity contribution >= 4 is 17.7 Å². The number of rotatable bonds is 5. The average molecular weight is 426 g/mol. The fourth-order valence-electron chi connectivity index (χ4n) is 3.95. The highest BCUT2D eigenvalue weighted by Gasteiger charge is 2.31. The third-order valence-electron chi connectivity index (χ3n) is 5.43. The van der Waals surface area contributed by atoms with Crippen LogP contribution in [0.25, 0.3) is 11.6 Å². The van der Waals surface area contributed by atoms with Crippen molar-refractivity contribution in [2.75, 3.05) is 25.5 Å². The molecule has 1 atom stereocenters. The number of nitrogens with zero attached hydrogens (tertiary/aromatic N) is 4. The van der Waals surface area contributed by atoms with Crippen LogP contribution in [-0.4, -0.2) is 51.1 Å². The number of hydrogen-bond donors (Lipinski definition) is 0. The quantitative estimate of drug-likeness (QED) is 0.579. The summed E-state index contributed by atoms with van der Waals surface area (Å²) in [6.45, 7) is 1.88. The Kier molecular flexibility index (Phi) is 5.12. The van der Waals surface area contributed by atoms with Crippen LogP contribution in [0.15, 0.2) is 46.2 Å². The number of furan rings is 1. The highest BCUT2D eigenvalue weighted by atomic mass is 32.2. The van der Waals surface area contributed by atoms with E-state index in [1.54, 1.807) is 6.26 Å². The Morgan fingerprint density at radius 2 is 2.07 bits per heavy atom. The number of benzene rings is 1. The van der Waals surface area contributed by atoms with Gasteiger partial charge >= 0.3 is 0 Å². The smallest absolute Gasteiger partial charge is 0.233 e. The summed E-state index contributed by atoms with van der Waals surface area (Å²) in [5.41, 5.74) is 1.09. The number of fused-ring (bicyclic) bond motifs is 1. The van der Waals surface area contributed by atoms with E-state index in [9.17, 15) is 4.79 Å². The number of likely N-dealkylation sites (tertiary alicyclic amines) is 1. The fraction of sp³-hybridized carbons (Fsp3) is 0.381. The Bertz CT molecular complexity index is 1050. The van der Waals surface area contributed by atoms with E-state index in [0.717, 1.165) is 36.4 Å². The number of ether oxygens (including phenoxy) is 2. The molecular weight excluding hydrogens is 404 g/mol. The van der Waals surface area contributed by atoms with Gasteiger partial charge in [0, 0.05) is 13.6 Å². The molecule has 2 aliphatic rings. The van der Waals surface area contributed by atoms with E-state index in [1.807, 2.05) is 46.8 Å². The molecule has 0 spiro atoms. The van der Waals surface area contributed by atoms with Gasteiger partial charge in [-0.05, 0) is 42.7 Å². The topological polar surface area (TPSA) is 82.6 Å². The lowest BCUT2D eigenvalue weighted by atomic mass is 10.0. The summed E-state index contributed by atoms with van der Waals surface area (Å²) >= 11 is 1.39. The summed E-state index contributed by atoms with van der Waals surface area (Å²) in [6.07, 6.45) is 3.54. The molecule has 0 saturated carbocycles. The second kappa shape index (κ2) is 8.06. The van der Waals surface area contributed by atoms with Crippen molar-refractivity contribution in [3.63, 3.8) is 0 Å². The van der Waals surface area contributed by atoms with E-state index in [-0.39, 0.29) is 11.9 Å². The molecule has 2 aliphatic heterocycles. The van der Waals surface area contributed by atoms with Gasteiger partial charge in [0.05, 0.1) is 18.1 Å². The van der Waals surface area contributed by atoms with Crippen LogP contribution in [0, 0.1) is 0 Å². The molecule has 0 bridgehead atoms. The Morgan fingerprint density at radius 1 is 1.20 bits per heavy atom. The van der Waals surface area contributed by atoms with E-state index in [2.05, 4.69) is 10.2 Å². The maximum absolute atomic E-state index is 13.0. The molecule has 1 saturated heterocycles. The Hall–Kier alpha value is -2.94. The monoisotopic (exact) mass is 426 g/mol. The molecule has 1 fully saturated rings. The largest absolute Gasteiger partial charge is 0.486 e. The highest BCUT2D eigenvalue weighted by Crippen LogP contribution is 2.38. The first-order chi connectivity index (χ1) is 14.7. The van der Waals surface area contributed by atoms with Crippen LogP contribution in [-0.2, 0) is 11.8 Å². The van der Waals surface area contributed by atoms with Gasteiger partial charge in [-0.25, -0.2) is 0 Å². The van der Waals surface area contributed by atoms with Gasteiger partial charge in [0.1, 0.15) is 13.2 Å². The first kappa shape index (κ1) is 19.0. The standard InChI is InChI=1S/C21H22N4O4S/c1-24-20(17-5-3-9-27-17)22-23-21(24)30-13-19(26)25-8-2-4-15(25)14-6-7-16-18(12-14)29-11-10-28-16/h3,5-7,9,12,15H,2,4,8,10-11,13H2,1H3/t15-/m1/s1. The zero-order valence-corrected chi connectivity index (χ0v) is 17.4. The van der Waals surface area contributed by atoms with Crippen molar-refractivity contribution < 1.29 is 18.7 Å². The van der Waals surface area contributed by atoms with Gasteiger partial charge in [0.2, 0.25) is 5.91 Å². The Labute approximate surface area is 178 Å². The lowest BCUT2D eigenvalue weighted by Crippen LogP contribution is -2.32. The van der Waals surface area contributed by atoms with Gasteiger partial charge in [0.15, 0.2) is 28.2 Å². The highest BCUT2D eigenvalue weighted by molar-refractivity contribution is 7.99. The van der Waals surface area contributed by atoms with Crippen LogP contribution >= 0.6 is 11.8 Å². The van der Waals surface area contributed by atoms with Crippen LogP contribution in [0.5, 0.6) is 11.5 Å². The minimum Gasteiger partial charge on any atom is -0.486 e. The molecule has 0 N–H and O–H groups in total. The first-order valence-electron chi connectivity index (χ1n) is 9.96. The number of carbonyl (C=O) groups excluding carboxylic acids is 1. The molecule has 9 heteroatoms. The van der Waals surface area contributed by atoms with Crippen LogP contribution in [0.1, 0.15) is 24.4 Å². The molecule has 0 aliphatic carbocycles. The predicted molar refractivity (Wildman–Crippen MR) is 111 cm³/mol. The van der Waals surface area contributed by atoms with Gasteiger partial charge in [-0.2, -0.15) is 0 Å². The predicted octanol–water partition coefficient (Wildman–Crippen LogP) is 3.30.